The van der Waals surface area contributed by atoms with Crippen LogP contribution >= 0.6 is 11.9 Å². The summed E-state index contributed by atoms with van der Waals surface area (Å²) in [5.41, 5.74) is 1.36. The molecule has 3 heteroatoms. The average molecular weight is 171 g/mol. The van der Waals surface area contributed by atoms with Crippen LogP contribution < -0.4 is 0 Å². The van der Waals surface area contributed by atoms with E-state index in [2.05, 4.69) is 4.29 Å². The Kier molecular flexibility index (Phi) is 2.49. The first kappa shape index (κ1) is 8.08. The molecule has 0 aliphatic carbocycles. The Hall–Kier alpha value is -1.02. The van der Waals surface area contributed by atoms with E-state index in [9.17, 15) is 4.79 Å². The minimum Gasteiger partial charge on any atom is -0.343 e. The Morgan fingerprint density at radius 2 is 2.09 bits per heavy atom. The summed E-state index contributed by atoms with van der Waals surface area (Å²) in [5.74, 6) is -0.509. The first-order chi connectivity index (χ1) is 5.25. The van der Waals surface area contributed by atoms with Crippen molar-refractivity contribution in [3.63, 3.8) is 0 Å². The van der Waals surface area contributed by atoms with Gasteiger partial charge in [-0.15, -0.1) is 0 Å². The van der Waals surface area contributed by atoms with Gasteiger partial charge in [0.05, 0.1) is 5.56 Å². The van der Waals surface area contributed by atoms with Crippen molar-refractivity contribution in [1.29, 1.82) is 0 Å². The van der Waals surface area contributed by atoms with Crippen LogP contribution in [0.2, 0.25) is 0 Å². The maximum absolute atomic E-state index is 10.9. The van der Waals surface area contributed by atoms with Crippen LogP contribution in [0.3, 0.4) is 0 Å². The molecule has 0 saturated carbocycles. The molecule has 58 valence electrons. The lowest BCUT2D eigenvalue weighted by molar-refractivity contribution is 0.0750. The monoisotopic (exact) mass is 170 g/mol. The minimum atomic E-state index is -0.509. The zero-order chi connectivity index (χ0) is 8.27. The highest BCUT2D eigenvalue weighted by atomic mass is 35.5. The fourth-order valence-electron chi connectivity index (χ4n) is 0.843. The van der Waals surface area contributed by atoms with Gasteiger partial charge in [0.15, 0.2) is 0 Å². The van der Waals surface area contributed by atoms with Crippen LogP contribution in [0.4, 0.5) is 0 Å². The Labute approximate surface area is 69.9 Å². The van der Waals surface area contributed by atoms with Crippen molar-refractivity contribution in [2.45, 2.75) is 6.92 Å². The molecule has 0 amide bonds. The van der Waals surface area contributed by atoms with E-state index in [-0.39, 0.29) is 0 Å². The Morgan fingerprint density at radius 3 is 2.64 bits per heavy atom. The molecule has 11 heavy (non-hydrogen) atoms. The molecular formula is C8H7ClO2. The van der Waals surface area contributed by atoms with Crippen molar-refractivity contribution in [3.05, 3.63) is 35.4 Å². The maximum atomic E-state index is 10.9. The normalized spacial score (nSPS) is 9.27. The summed E-state index contributed by atoms with van der Waals surface area (Å²) in [5, 5.41) is 0. The third-order valence-corrected chi connectivity index (χ3v) is 1.58. The van der Waals surface area contributed by atoms with Gasteiger partial charge in [0.1, 0.15) is 11.9 Å². The van der Waals surface area contributed by atoms with Gasteiger partial charge in [-0.05, 0) is 18.6 Å². The molecule has 0 radical (unpaired) electrons. The second kappa shape index (κ2) is 3.39. The Bertz CT molecular complexity index is 271. The van der Waals surface area contributed by atoms with Crippen LogP contribution in [0.15, 0.2) is 24.3 Å². The lowest BCUT2D eigenvalue weighted by Crippen LogP contribution is -1.99. The van der Waals surface area contributed by atoms with E-state index in [4.69, 9.17) is 11.9 Å². The van der Waals surface area contributed by atoms with Crippen LogP contribution in [0.5, 0.6) is 0 Å². The summed E-state index contributed by atoms with van der Waals surface area (Å²) >= 11 is 4.91. The van der Waals surface area contributed by atoms with E-state index in [0.29, 0.717) is 5.56 Å². The molecule has 0 spiro atoms. The lowest BCUT2D eigenvalue weighted by Gasteiger charge is -1.98. The van der Waals surface area contributed by atoms with Crippen LogP contribution in [-0.4, -0.2) is 5.97 Å². The van der Waals surface area contributed by atoms with E-state index in [1.54, 1.807) is 12.1 Å². The number of benzene rings is 1. The fourth-order valence-corrected chi connectivity index (χ4v) is 0.927. The van der Waals surface area contributed by atoms with Gasteiger partial charge in [-0.2, -0.15) is 0 Å². The third-order valence-electron chi connectivity index (χ3n) is 1.44. The first-order valence-corrected chi connectivity index (χ1v) is 3.45. The summed E-state index contributed by atoms with van der Waals surface area (Å²) in [4.78, 5) is 10.9. The molecular weight excluding hydrogens is 164 g/mol. The van der Waals surface area contributed by atoms with Crippen LogP contribution in [0.25, 0.3) is 0 Å². The highest BCUT2D eigenvalue weighted by Gasteiger charge is 2.07. The summed E-state index contributed by atoms with van der Waals surface area (Å²) in [6.45, 7) is 1.82. The minimum absolute atomic E-state index is 0.502. The second-order valence-electron chi connectivity index (χ2n) is 2.18. The zero-order valence-corrected chi connectivity index (χ0v) is 6.76. The fraction of sp³-hybridized carbons (Fsp3) is 0.125. The molecule has 2 nitrogen and oxygen atoms in total. The molecule has 0 aliphatic rings. The molecule has 0 heterocycles. The maximum Gasteiger partial charge on any atom is 0.356 e. The van der Waals surface area contributed by atoms with Gasteiger partial charge in [-0.1, -0.05) is 18.2 Å². The average Bonchev–Trinajstić information content (AvgIpc) is 2.04. The molecule has 0 bridgehead atoms. The van der Waals surface area contributed by atoms with Gasteiger partial charge in [-0.3, -0.25) is 0 Å². The second-order valence-corrected chi connectivity index (χ2v) is 2.33. The highest BCUT2D eigenvalue weighted by molar-refractivity contribution is 6.16. The van der Waals surface area contributed by atoms with Crippen molar-refractivity contribution in [3.8, 4) is 0 Å². The number of carbonyl (C=O) groups is 1. The first-order valence-electron chi connectivity index (χ1n) is 3.14. The summed E-state index contributed by atoms with van der Waals surface area (Å²) in [6.07, 6.45) is 0. The molecule has 0 saturated heterocycles. The molecule has 0 aliphatic heterocycles. The molecule has 0 atom stereocenters. The van der Waals surface area contributed by atoms with Crippen molar-refractivity contribution in [2.75, 3.05) is 0 Å². The largest absolute Gasteiger partial charge is 0.356 e. The van der Waals surface area contributed by atoms with Crippen molar-refractivity contribution < 1.29 is 9.08 Å². The summed E-state index contributed by atoms with van der Waals surface area (Å²) in [6, 6.07) is 7.10. The van der Waals surface area contributed by atoms with E-state index < -0.39 is 5.97 Å². The number of aryl methyl sites for hydroxylation is 1. The topological polar surface area (TPSA) is 26.3 Å². The van der Waals surface area contributed by atoms with Gasteiger partial charge >= 0.3 is 5.97 Å². The Balaban J connectivity index is 3.03. The lowest BCUT2D eigenvalue weighted by atomic mass is 10.1. The quantitative estimate of drug-likeness (QED) is 0.647. The number of rotatable bonds is 1. The van der Waals surface area contributed by atoms with Crippen LogP contribution in [0, 0.1) is 6.92 Å². The van der Waals surface area contributed by atoms with Gasteiger partial charge in [0, 0.05) is 0 Å². The van der Waals surface area contributed by atoms with E-state index >= 15 is 0 Å². The third kappa shape index (κ3) is 1.71. The van der Waals surface area contributed by atoms with Crippen molar-refractivity contribution in [1.82, 2.24) is 0 Å². The molecule has 1 aromatic carbocycles. The number of halogens is 1. The molecule has 0 fully saturated rings. The molecule has 1 rings (SSSR count). The smallest absolute Gasteiger partial charge is 0.343 e. The number of carbonyl (C=O) groups excluding carboxylic acids is 1. The van der Waals surface area contributed by atoms with Crippen molar-refractivity contribution in [2.24, 2.45) is 0 Å². The molecule has 0 N–H and O–H groups in total. The van der Waals surface area contributed by atoms with E-state index in [0.717, 1.165) is 5.56 Å². The van der Waals surface area contributed by atoms with E-state index in [1.165, 1.54) is 0 Å². The summed E-state index contributed by atoms with van der Waals surface area (Å²) in [7, 11) is 0. The summed E-state index contributed by atoms with van der Waals surface area (Å²) < 4.78 is 4.05. The van der Waals surface area contributed by atoms with Gasteiger partial charge in [0.25, 0.3) is 0 Å². The standard InChI is InChI=1S/C8H7ClO2/c1-6-4-2-3-5-7(6)8(10)11-9/h2-5H,1H3. The highest BCUT2D eigenvalue weighted by Crippen LogP contribution is 2.08. The predicted octanol–water partition coefficient (Wildman–Crippen LogP) is 2.31. The van der Waals surface area contributed by atoms with Crippen LogP contribution in [-0.2, 0) is 4.29 Å². The SMILES string of the molecule is Cc1ccccc1C(=O)OCl. The number of hydrogen-bond acceptors (Lipinski definition) is 2. The molecule has 0 unspecified atom stereocenters. The van der Waals surface area contributed by atoms with Gasteiger partial charge < -0.3 is 4.29 Å². The molecule has 0 aromatic heterocycles. The van der Waals surface area contributed by atoms with Crippen molar-refractivity contribution >= 4 is 17.8 Å². The van der Waals surface area contributed by atoms with Gasteiger partial charge in [0.2, 0.25) is 0 Å². The zero-order valence-electron chi connectivity index (χ0n) is 6.00. The molecule has 1 aromatic rings. The van der Waals surface area contributed by atoms with E-state index in [1.807, 2.05) is 19.1 Å². The predicted molar refractivity (Wildman–Crippen MR) is 42.4 cm³/mol. The number of hydrogen-bond donors (Lipinski definition) is 0. The van der Waals surface area contributed by atoms with Crippen LogP contribution in [0.1, 0.15) is 15.9 Å². The van der Waals surface area contributed by atoms with Gasteiger partial charge in [-0.25, -0.2) is 4.79 Å². The Morgan fingerprint density at radius 1 is 1.45 bits per heavy atom.